The molecule has 0 saturated heterocycles. The van der Waals surface area contributed by atoms with E-state index < -0.39 is 0 Å². The van der Waals surface area contributed by atoms with E-state index >= 15 is 0 Å². The summed E-state index contributed by atoms with van der Waals surface area (Å²) in [5.74, 6) is 0. The van der Waals surface area contributed by atoms with Crippen molar-refractivity contribution in [2.45, 2.75) is 6.54 Å². The van der Waals surface area contributed by atoms with Gasteiger partial charge in [-0.1, -0.05) is 39.1 Å². The normalized spacial score (nSPS) is 9.33. The summed E-state index contributed by atoms with van der Waals surface area (Å²) in [7, 11) is 0. The highest BCUT2D eigenvalue weighted by molar-refractivity contribution is 9.10. The highest BCUT2D eigenvalue weighted by Crippen LogP contribution is 2.28. The first kappa shape index (κ1) is 12.5. The second-order valence-electron chi connectivity index (χ2n) is 2.05. The molecule has 0 saturated carbocycles. The van der Waals surface area contributed by atoms with E-state index in [9.17, 15) is 0 Å². The van der Waals surface area contributed by atoms with Crippen molar-refractivity contribution in [3.05, 3.63) is 32.2 Å². The second-order valence-corrected chi connectivity index (χ2v) is 3.78. The van der Waals surface area contributed by atoms with Crippen molar-refractivity contribution in [3.63, 3.8) is 0 Å². The fourth-order valence-corrected chi connectivity index (χ4v) is 2.13. The van der Waals surface area contributed by atoms with Gasteiger partial charge in [0.15, 0.2) is 0 Å². The Morgan fingerprint density at radius 1 is 1.25 bits per heavy atom. The number of hydrogen-bond donors (Lipinski definition) is 1. The summed E-state index contributed by atoms with van der Waals surface area (Å²) in [5, 5.41) is 1.21. The fourth-order valence-electron chi connectivity index (χ4n) is 0.767. The molecule has 0 amide bonds. The molecule has 0 atom stereocenters. The molecule has 0 aromatic heterocycles. The van der Waals surface area contributed by atoms with Gasteiger partial charge in [0.25, 0.3) is 0 Å². The maximum atomic E-state index is 5.84. The van der Waals surface area contributed by atoms with Gasteiger partial charge >= 0.3 is 0 Å². The number of halogens is 4. The quantitative estimate of drug-likeness (QED) is 0.840. The third-order valence-electron chi connectivity index (χ3n) is 1.31. The van der Waals surface area contributed by atoms with Crippen LogP contribution < -0.4 is 5.73 Å². The van der Waals surface area contributed by atoms with Gasteiger partial charge in [0.2, 0.25) is 0 Å². The van der Waals surface area contributed by atoms with E-state index in [1.807, 2.05) is 0 Å². The van der Waals surface area contributed by atoms with Crippen LogP contribution in [0.5, 0.6) is 0 Å². The molecule has 0 aliphatic carbocycles. The summed E-state index contributed by atoms with van der Waals surface area (Å²) < 4.78 is 0.865. The van der Waals surface area contributed by atoms with Gasteiger partial charge in [0.05, 0.1) is 0 Å². The Balaban J connectivity index is 0.00000121. The summed E-state index contributed by atoms with van der Waals surface area (Å²) in [6, 6.07) is 3.55. The minimum atomic E-state index is 0. The number of hydrogen-bond acceptors (Lipinski definition) is 1. The second kappa shape index (κ2) is 5.30. The lowest BCUT2D eigenvalue weighted by molar-refractivity contribution is 1.07. The van der Waals surface area contributed by atoms with Gasteiger partial charge in [-0.05, 0) is 12.1 Å². The largest absolute Gasteiger partial charge is 0.326 e. The van der Waals surface area contributed by atoms with Crippen LogP contribution in [0.2, 0.25) is 10.0 Å². The Bertz CT molecular complexity index is 254. The van der Waals surface area contributed by atoms with E-state index in [4.69, 9.17) is 28.9 Å². The van der Waals surface area contributed by atoms with Crippen molar-refractivity contribution < 1.29 is 0 Å². The van der Waals surface area contributed by atoms with Crippen molar-refractivity contribution in [2.24, 2.45) is 5.73 Å². The smallest absolute Gasteiger partial charge is 0.0477 e. The van der Waals surface area contributed by atoms with Crippen molar-refractivity contribution in [3.8, 4) is 0 Å². The lowest BCUT2D eigenvalue weighted by atomic mass is 10.2. The van der Waals surface area contributed by atoms with Crippen LogP contribution in [0.4, 0.5) is 0 Å². The molecule has 12 heavy (non-hydrogen) atoms. The molecule has 0 radical (unpaired) electrons. The topological polar surface area (TPSA) is 26.0 Å². The van der Waals surface area contributed by atoms with Crippen LogP contribution in [-0.4, -0.2) is 0 Å². The number of nitrogens with two attached hydrogens (primary N) is 1. The number of rotatable bonds is 1. The molecule has 1 rings (SSSR count). The van der Waals surface area contributed by atoms with Crippen molar-refractivity contribution in [1.29, 1.82) is 0 Å². The lowest BCUT2D eigenvalue weighted by Crippen LogP contribution is -1.97. The monoisotopic (exact) mass is 289 g/mol. The van der Waals surface area contributed by atoms with Crippen molar-refractivity contribution >= 4 is 51.5 Å². The Labute approximate surface area is 95.8 Å². The highest BCUT2D eigenvalue weighted by atomic mass is 79.9. The van der Waals surface area contributed by atoms with Crippen molar-refractivity contribution in [1.82, 2.24) is 0 Å². The highest BCUT2D eigenvalue weighted by Gasteiger charge is 2.04. The molecule has 0 heterocycles. The van der Waals surface area contributed by atoms with Crippen molar-refractivity contribution in [2.75, 3.05) is 0 Å². The molecule has 1 nitrogen and oxygen atoms in total. The molecule has 2 N–H and O–H groups in total. The summed E-state index contributed by atoms with van der Waals surface area (Å²) in [4.78, 5) is 0. The van der Waals surface area contributed by atoms with E-state index in [0.29, 0.717) is 16.6 Å². The summed E-state index contributed by atoms with van der Waals surface area (Å²) >= 11 is 14.9. The van der Waals surface area contributed by atoms with E-state index in [2.05, 4.69) is 15.9 Å². The zero-order valence-corrected chi connectivity index (χ0v) is 9.90. The maximum absolute atomic E-state index is 5.84. The van der Waals surface area contributed by atoms with E-state index in [1.54, 1.807) is 12.1 Å². The Hall–Kier alpha value is 0.530. The summed E-state index contributed by atoms with van der Waals surface area (Å²) in [5.41, 5.74) is 6.21. The third kappa shape index (κ3) is 2.79. The first-order valence-corrected chi connectivity index (χ1v) is 4.53. The van der Waals surface area contributed by atoms with Gasteiger partial charge in [-0.15, -0.1) is 12.4 Å². The molecule has 1 aromatic rings. The maximum Gasteiger partial charge on any atom is 0.0477 e. The first-order chi connectivity index (χ1) is 5.15. The molecule has 1 aromatic carbocycles. The lowest BCUT2D eigenvalue weighted by Gasteiger charge is -2.03. The standard InChI is InChI=1S/C7H6BrCl2N.ClH/c8-4-1-6(9)5(3-11)7(10)2-4;/h1-2H,3,11H2;1H. The Morgan fingerprint density at radius 3 is 2.00 bits per heavy atom. The number of benzene rings is 1. The molecule has 0 aliphatic rings. The molecule has 68 valence electrons. The van der Waals surface area contributed by atoms with Gasteiger partial charge in [0, 0.05) is 26.6 Å². The predicted octanol–water partition coefficient (Wildman–Crippen LogP) is 3.64. The average molecular weight is 291 g/mol. The average Bonchev–Trinajstić information content (AvgIpc) is 1.85. The van der Waals surface area contributed by atoms with Gasteiger partial charge < -0.3 is 5.73 Å². The van der Waals surface area contributed by atoms with Gasteiger partial charge in [-0.3, -0.25) is 0 Å². The van der Waals surface area contributed by atoms with E-state index in [-0.39, 0.29) is 12.4 Å². The SMILES string of the molecule is Cl.NCc1c(Cl)cc(Br)cc1Cl. The van der Waals surface area contributed by atoms with Crippen LogP contribution in [-0.2, 0) is 6.54 Å². The Kier molecular flexibility index (Phi) is 5.53. The van der Waals surface area contributed by atoms with Crippen LogP contribution in [0.15, 0.2) is 16.6 Å². The molecular weight excluding hydrogens is 284 g/mol. The van der Waals surface area contributed by atoms with Crippen LogP contribution in [0.25, 0.3) is 0 Å². The molecule has 0 unspecified atom stereocenters. The molecule has 0 spiro atoms. The minimum absolute atomic E-state index is 0. The van der Waals surface area contributed by atoms with Crippen LogP contribution in [0.1, 0.15) is 5.56 Å². The van der Waals surface area contributed by atoms with Gasteiger partial charge in [0.1, 0.15) is 0 Å². The van der Waals surface area contributed by atoms with E-state index in [0.717, 1.165) is 10.0 Å². The van der Waals surface area contributed by atoms with Crippen LogP contribution >= 0.6 is 51.5 Å². The Morgan fingerprint density at radius 2 is 1.67 bits per heavy atom. The molecular formula is C7H7BrCl3N. The predicted molar refractivity (Wildman–Crippen MR) is 59.3 cm³/mol. The van der Waals surface area contributed by atoms with Crippen LogP contribution in [0, 0.1) is 0 Å². The minimum Gasteiger partial charge on any atom is -0.326 e. The zero-order chi connectivity index (χ0) is 8.43. The van der Waals surface area contributed by atoms with Gasteiger partial charge in [-0.25, -0.2) is 0 Å². The molecule has 0 bridgehead atoms. The summed E-state index contributed by atoms with van der Waals surface area (Å²) in [6.45, 7) is 0.366. The van der Waals surface area contributed by atoms with E-state index in [1.165, 1.54) is 0 Å². The third-order valence-corrected chi connectivity index (χ3v) is 2.44. The molecule has 5 heteroatoms. The zero-order valence-electron chi connectivity index (χ0n) is 5.98. The fraction of sp³-hybridized carbons (Fsp3) is 0.143. The van der Waals surface area contributed by atoms with Crippen LogP contribution in [0.3, 0.4) is 0 Å². The molecule has 0 fully saturated rings. The van der Waals surface area contributed by atoms with Gasteiger partial charge in [-0.2, -0.15) is 0 Å². The first-order valence-electron chi connectivity index (χ1n) is 2.98. The molecule has 0 aliphatic heterocycles. The summed E-state index contributed by atoms with van der Waals surface area (Å²) in [6.07, 6.45) is 0.